The van der Waals surface area contributed by atoms with E-state index in [0.29, 0.717) is 0 Å². The number of aromatic nitrogens is 1. The third-order valence-corrected chi connectivity index (χ3v) is 9.16. The summed E-state index contributed by atoms with van der Waals surface area (Å²) in [6, 6.07) is 37.2. The van der Waals surface area contributed by atoms with Crippen LogP contribution in [0.1, 0.15) is 23.1 Å². The summed E-state index contributed by atoms with van der Waals surface area (Å²) in [7, 11) is 2.17. The first-order valence-electron chi connectivity index (χ1n) is 13.1. The van der Waals surface area contributed by atoms with Gasteiger partial charge in [0.1, 0.15) is 11.7 Å². The van der Waals surface area contributed by atoms with E-state index in [2.05, 4.69) is 145 Å². The fourth-order valence-electron chi connectivity index (χ4n) is 6.13. The van der Waals surface area contributed by atoms with Crippen LogP contribution in [0.3, 0.4) is 0 Å². The van der Waals surface area contributed by atoms with Crippen LogP contribution in [-0.4, -0.2) is 0 Å². The Morgan fingerprint density at radius 2 is 1.47 bits per heavy atom. The van der Waals surface area contributed by atoms with Gasteiger partial charge in [-0.25, -0.2) is 0 Å². The molecule has 1 atom stereocenters. The van der Waals surface area contributed by atoms with E-state index >= 15 is 0 Å². The fraction of sp³-hybridized carbons (Fsp3) is 0.114. The van der Waals surface area contributed by atoms with Crippen LogP contribution in [0.5, 0.6) is 0 Å². The van der Waals surface area contributed by atoms with Crippen molar-refractivity contribution in [3.05, 3.63) is 137 Å². The number of benzene rings is 5. The van der Waals surface area contributed by atoms with Gasteiger partial charge in [0, 0.05) is 22.9 Å². The summed E-state index contributed by atoms with van der Waals surface area (Å²) in [5, 5.41) is 10.2. The fourth-order valence-corrected chi connectivity index (χ4v) is 7.21. The molecule has 3 heteroatoms. The van der Waals surface area contributed by atoms with Crippen LogP contribution in [0.2, 0.25) is 0 Å². The lowest BCUT2D eigenvalue weighted by molar-refractivity contribution is -0.641. The molecular formula is C35H29N2S+. The van der Waals surface area contributed by atoms with Crippen LogP contribution >= 0.6 is 11.3 Å². The summed E-state index contributed by atoms with van der Waals surface area (Å²) < 4.78 is 3.63. The zero-order valence-corrected chi connectivity index (χ0v) is 22.4. The number of thiazole rings is 1. The Bertz CT molecular complexity index is 1890. The van der Waals surface area contributed by atoms with E-state index in [9.17, 15) is 0 Å². The van der Waals surface area contributed by atoms with Crippen molar-refractivity contribution in [3.63, 3.8) is 0 Å². The molecule has 6 aromatic rings. The number of nitrogens with one attached hydrogen (secondary N) is 1. The number of aryl methyl sites for hydroxylation is 1. The number of fused-ring (bicyclic) bond motifs is 6. The second-order valence-electron chi connectivity index (χ2n) is 10.4. The Kier molecular flexibility index (Phi) is 5.41. The van der Waals surface area contributed by atoms with Crippen molar-refractivity contribution in [2.45, 2.75) is 18.8 Å². The van der Waals surface area contributed by atoms with E-state index in [1.807, 2.05) is 11.3 Å². The minimum absolute atomic E-state index is 0.166. The molecule has 0 amide bonds. The first kappa shape index (κ1) is 22.9. The predicted molar refractivity (Wildman–Crippen MR) is 163 cm³/mol. The van der Waals surface area contributed by atoms with Gasteiger partial charge in [-0.05, 0) is 64.9 Å². The highest BCUT2D eigenvalue weighted by molar-refractivity contribution is 7.19. The lowest BCUT2D eigenvalue weighted by atomic mass is 9.74. The molecule has 2 nitrogen and oxygen atoms in total. The number of hydrogen-bond donors (Lipinski definition) is 1. The standard InChI is InChI=1S/C35H28N2S/c1-35(23-24-11-4-3-5-12-24)31(36-29-21-19-25-13-6-8-15-27(25)33(29)35)17-10-18-32-37(2)34-28-16-9-7-14-26(28)20-22-30(34)38-32/h3-22H,23H2,1-2H3/p+1. The maximum Gasteiger partial charge on any atom is 0.262 e. The molecule has 2 heterocycles. The smallest absolute Gasteiger partial charge is 0.262 e. The third-order valence-electron chi connectivity index (χ3n) is 7.99. The minimum Gasteiger partial charge on any atom is -0.358 e. The second kappa shape index (κ2) is 8.97. The quantitative estimate of drug-likeness (QED) is 0.235. The molecule has 1 unspecified atom stereocenters. The molecule has 0 saturated heterocycles. The monoisotopic (exact) mass is 509 g/mol. The SMILES string of the molecule is C[n+]1c(/C=C/C=C2/Nc3ccc4ccccc4c3C2(C)Cc2ccccc2)sc2ccc3ccccc3c21. The van der Waals surface area contributed by atoms with Crippen LogP contribution in [0.15, 0.2) is 121 Å². The maximum absolute atomic E-state index is 3.80. The van der Waals surface area contributed by atoms with Crippen molar-refractivity contribution in [2.24, 2.45) is 7.05 Å². The van der Waals surface area contributed by atoms with Crippen LogP contribution < -0.4 is 9.88 Å². The van der Waals surface area contributed by atoms with Gasteiger partial charge in [0.25, 0.3) is 5.01 Å². The van der Waals surface area contributed by atoms with Crippen molar-refractivity contribution >= 4 is 54.9 Å². The number of hydrogen-bond acceptors (Lipinski definition) is 2. The molecule has 1 aliphatic heterocycles. The highest BCUT2D eigenvalue weighted by Gasteiger charge is 2.40. The molecule has 38 heavy (non-hydrogen) atoms. The first-order chi connectivity index (χ1) is 18.6. The molecule has 0 fully saturated rings. The number of allylic oxidation sites excluding steroid dienone is 3. The van der Waals surface area contributed by atoms with Crippen molar-refractivity contribution < 1.29 is 4.57 Å². The molecule has 0 saturated carbocycles. The van der Waals surface area contributed by atoms with E-state index in [1.165, 1.54) is 59.3 Å². The molecule has 5 aromatic carbocycles. The average molecular weight is 510 g/mol. The van der Waals surface area contributed by atoms with Gasteiger partial charge in [-0.2, -0.15) is 4.57 Å². The maximum atomic E-state index is 3.80. The molecule has 0 aliphatic carbocycles. The summed E-state index contributed by atoms with van der Waals surface area (Å²) in [5.41, 5.74) is 6.31. The highest BCUT2D eigenvalue weighted by atomic mass is 32.1. The van der Waals surface area contributed by atoms with Gasteiger partial charge in [-0.3, -0.25) is 0 Å². The van der Waals surface area contributed by atoms with Gasteiger partial charge < -0.3 is 5.32 Å². The summed E-state index contributed by atoms with van der Waals surface area (Å²) in [6.07, 6.45) is 7.68. The second-order valence-corrected chi connectivity index (χ2v) is 11.5. The van der Waals surface area contributed by atoms with Crippen LogP contribution in [0.25, 0.3) is 37.8 Å². The summed E-state index contributed by atoms with van der Waals surface area (Å²) >= 11 is 1.84. The molecule has 0 spiro atoms. The summed E-state index contributed by atoms with van der Waals surface area (Å²) in [6.45, 7) is 2.39. The Morgan fingerprint density at radius 1 is 0.789 bits per heavy atom. The topological polar surface area (TPSA) is 15.9 Å². The normalized spacial score (nSPS) is 18.1. The number of anilines is 1. The van der Waals surface area contributed by atoms with E-state index in [0.717, 1.165) is 6.42 Å². The van der Waals surface area contributed by atoms with Crippen LogP contribution in [0.4, 0.5) is 5.69 Å². The molecule has 7 rings (SSSR count). The summed E-state index contributed by atoms with van der Waals surface area (Å²) in [4.78, 5) is 0. The van der Waals surface area contributed by atoms with E-state index in [1.54, 1.807) is 0 Å². The third kappa shape index (κ3) is 3.66. The molecule has 0 bridgehead atoms. The van der Waals surface area contributed by atoms with Gasteiger partial charge in [0.2, 0.25) is 5.52 Å². The van der Waals surface area contributed by atoms with Crippen LogP contribution in [-0.2, 0) is 18.9 Å². The van der Waals surface area contributed by atoms with Crippen LogP contribution in [0, 0.1) is 0 Å². The average Bonchev–Trinajstić information content (AvgIpc) is 3.42. The zero-order valence-electron chi connectivity index (χ0n) is 21.6. The minimum atomic E-state index is -0.166. The van der Waals surface area contributed by atoms with Gasteiger partial charge in [0.15, 0.2) is 0 Å². The van der Waals surface area contributed by atoms with E-state index < -0.39 is 0 Å². The summed E-state index contributed by atoms with van der Waals surface area (Å²) in [5.74, 6) is 0. The highest BCUT2D eigenvalue weighted by Crippen LogP contribution is 2.49. The molecule has 1 aromatic heterocycles. The van der Waals surface area contributed by atoms with Crippen molar-refractivity contribution in [2.75, 3.05) is 5.32 Å². The predicted octanol–water partition coefficient (Wildman–Crippen LogP) is 8.56. The van der Waals surface area contributed by atoms with Crippen molar-refractivity contribution in [3.8, 4) is 0 Å². The molecule has 0 radical (unpaired) electrons. The Balaban J connectivity index is 1.32. The van der Waals surface area contributed by atoms with Gasteiger partial charge in [-0.1, -0.05) is 102 Å². The molecule has 1 N–H and O–H groups in total. The van der Waals surface area contributed by atoms with Crippen molar-refractivity contribution in [1.82, 2.24) is 0 Å². The van der Waals surface area contributed by atoms with Gasteiger partial charge >= 0.3 is 0 Å². The number of rotatable bonds is 4. The van der Waals surface area contributed by atoms with Gasteiger partial charge in [-0.15, -0.1) is 0 Å². The van der Waals surface area contributed by atoms with Crippen molar-refractivity contribution in [1.29, 1.82) is 0 Å². The molecule has 184 valence electrons. The molecular weight excluding hydrogens is 480 g/mol. The Labute approximate surface area is 227 Å². The Hall–Kier alpha value is -4.21. The lowest BCUT2D eigenvalue weighted by Crippen LogP contribution is -2.29. The van der Waals surface area contributed by atoms with E-state index in [-0.39, 0.29) is 5.41 Å². The first-order valence-corrected chi connectivity index (χ1v) is 14.0. The largest absolute Gasteiger partial charge is 0.358 e. The molecule has 1 aliphatic rings. The Morgan fingerprint density at radius 3 is 2.29 bits per heavy atom. The zero-order chi connectivity index (χ0) is 25.7. The lowest BCUT2D eigenvalue weighted by Gasteiger charge is -2.28. The number of nitrogens with zero attached hydrogens (tertiary/aromatic N) is 1. The van der Waals surface area contributed by atoms with E-state index in [4.69, 9.17) is 0 Å². The van der Waals surface area contributed by atoms with Gasteiger partial charge in [0.05, 0.1) is 5.39 Å².